The highest BCUT2D eigenvalue weighted by Crippen LogP contribution is 2.55. The van der Waals surface area contributed by atoms with Gasteiger partial charge in [-0.1, -0.05) is 218 Å². The van der Waals surface area contributed by atoms with E-state index >= 15 is 0 Å². The molecule has 0 saturated heterocycles. The van der Waals surface area contributed by atoms with Gasteiger partial charge in [0.05, 0.1) is 5.69 Å². The Morgan fingerprint density at radius 1 is 0.397 bits per heavy atom. The molecule has 9 aromatic carbocycles. The summed E-state index contributed by atoms with van der Waals surface area (Å²) in [4.78, 5) is 2.52. The van der Waals surface area contributed by atoms with Crippen molar-refractivity contribution < 1.29 is 0 Å². The summed E-state index contributed by atoms with van der Waals surface area (Å²) in [6.45, 7) is 2.39. The topological polar surface area (TPSA) is 3.24 Å². The zero-order chi connectivity index (χ0) is 42.2. The first-order valence-electron chi connectivity index (χ1n) is 22.1. The van der Waals surface area contributed by atoms with Crippen LogP contribution in [0.2, 0.25) is 0 Å². The third kappa shape index (κ3) is 6.83. The highest BCUT2D eigenvalue weighted by molar-refractivity contribution is 5.98. The average Bonchev–Trinajstić information content (AvgIpc) is 3.63. The summed E-state index contributed by atoms with van der Waals surface area (Å²) < 4.78 is 0. The Balaban J connectivity index is 1.17. The van der Waals surface area contributed by atoms with Crippen LogP contribution < -0.4 is 4.90 Å². The molecule has 11 rings (SSSR count). The molecule has 300 valence electrons. The van der Waals surface area contributed by atoms with Gasteiger partial charge in [0.1, 0.15) is 0 Å². The van der Waals surface area contributed by atoms with Crippen molar-refractivity contribution in [2.24, 2.45) is 0 Å². The second-order valence-electron chi connectivity index (χ2n) is 16.9. The molecule has 2 unspecified atom stereocenters. The lowest BCUT2D eigenvalue weighted by atomic mass is 9.74. The van der Waals surface area contributed by atoms with Gasteiger partial charge in [0.25, 0.3) is 0 Å². The van der Waals surface area contributed by atoms with E-state index < -0.39 is 0 Å². The highest BCUT2D eigenvalue weighted by Gasteiger charge is 2.41. The van der Waals surface area contributed by atoms with Crippen LogP contribution in [0.4, 0.5) is 17.1 Å². The van der Waals surface area contributed by atoms with Gasteiger partial charge < -0.3 is 4.90 Å². The van der Waals surface area contributed by atoms with Gasteiger partial charge in [-0.15, -0.1) is 0 Å². The summed E-state index contributed by atoms with van der Waals surface area (Å²) >= 11 is 0. The number of anilines is 3. The Labute approximate surface area is 371 Å². The van der Waals surface area contributed by atoms with Crippen molar-refractivity contribution >= 4 is 17.1 Å². The van der Waals surface area contributed by atoms with Gasteiger partial charge in [-0.05, 0) is 116 Å². The van der Waals surface area contributed by atoms with Crippen LogP contribution in [0.15, 0.2) is 249 Å². The van der Waals surface area contributed by atoms with Gasteiger partial charge in [-0.2, -0.15) is 0 Å². The number of nitrogens with zero attached hydrogens (tertiary/aromatic N) is 1. The Morgan fingerprint density at radius 2 is 0.952 bits per heavy atom. The Hall–Kier alpha value is -7.74. The summed E-state index contributed by atoms with van der Waals surface area (Å²) in [7, 11) is 0. The van der Waals surface area contributed by atoms with Crippen molar-refractivity contribution in [3.05, 3.63) is 271 Å². The molecule has 0 aliphatic heterocycles. The van der Waals surface area contributed by atoms with Crippen molar-refractivity contribution in [1.29, 1.82) is 0 Å². The second kappa shape index (κ2) is 16.3. The maximum atomic E-state index is 2.52. The van der Waals surface area contributed by atoms with Gasteiger partial charge in [0.2, 0.25) is 0 Å². The van der Waals surface area contributed by atoms with Crippen molar-refractivity contribution in [1.82, 2.24) is 0 Å². The Morgan fingerprint density at radius 3 is 1.65 bits per heavy atom. The van der Waals surface area contributed by atoms with Crippen molar-refractivity contribution in [3.8, 4) is 55.6 Å². The first-order chi connectivity index (χ1) is 31.1. The molecule has 2 atom stereocenters. The van der Waals surface area contributed by atoms with E-state index in [1.165, 1.54) is 72.3 Å². The molecule has 0 saturated carbocycles. The van der Waals surface area contributed by atoms with Crippen molar-refractivity contribution in [2.75, 3.05) is 4.90 Å². The first-order valence-corrected chi connectivity index (χ1v) is 22.1. The maximum Gasteiger partial charge on any atom is 0.0540 e. The molecule has 0 fully saturated rings. The molecule has 0 radical (unpaired) electrons. The van der Waals surface area contributed by atoms with Crippen LogP contribution in [0.25, 0.3) is 55.6 Å². The molecule has 2 aliphatic rings. The maximum absolute atomic E-state index is 2.52. The molecule has 0 N–H and O–H groups in total. The average molecular weight is 806 g/mol. The van der Waals surface area contributed by atoms with E-state index in [1.807, 2.05) is 0 Å². The smallest absolute Gasteiger partial charge is 0.0540 e. The molecule has 0 aromatic heterocycles. The Bertz CT molecular complexity index is 3160. The number of hydrogen-bond acceptors (Lipinski definition) is 1. The lowest BCUT2D eigenvalue weighted by molar-refractivity contribution is 0.714. The lowest BCUT2D eigenvalue weighted by Gasteiger charge is -2.31. The largest absolute Gasteiger partial charge is 0.310 e. The van der Waals surface area contributed by atoms with Crippen LogP contribution in [0.5, 0.6) is 0 Å². The number of benzene rings is 9. The molecule has 0 amide bonds. The molecule has 63 heavy (non-hydrogen) atoms. The lowest BCUT2D eigenvalue weighted by Crippen LogP contribution is -2.22. The molecule has 2 aliphatic carbocycles. The van der Waals surface area contributed by atoms with E-state index in [2.05, 4.69) is 261 Å². The zero-order valence-corrected chi connectivity index (χ0v) is 35.4. The molecule has 0 bridgehead atoms. The van der Waals surface area contributed by atoms with Gasteiger partial charge in [0.15, 0.2) is 0 Å². The number of hydrogen-bond donors (Lipinski definition) is 0. The van der Waals surface area contributed by atoms with Gasteiger partial charge in [0, 0.05) is 28.3 Å². The van der Waals surface area contributed by atoms with E-state index in [9.17, 15) is 0 Å². The molecule has 1 nitrogen and oxygen atoms in total. The van der Waals surface area contributed by atoms with Gasteiger partial charge in [-0.25, -0.2) is 0 Å². The predicted molar refractivity (Wildman–Crippen MR) is 266 cm³/mol. The van der Waals surface area contributed by atoms with E-state index in [1.54, 1.807) is 0 Å². The standard InChI is InChI=1S/C62H47N/c1-62(49-28-12-5-13-29-49)59-36-20-18-34-56(59)58-43-50(38-39-60(58)62)63(51-41-47(44-22-6-2-7-23-44)40-48(42-51)45-24-8-3-9-25-45)61-37-21-19-35-57(61)55-33-17-16-32-54(55)53-31-15-14-30-52(53)46-26-10-4-11-27-46/h2-24,26-43,45H,25H2,1H3. The molecule has 1 heteroatoms. The van der Waals surface area contributed by atoms with Gasteiger partial charge in [-0.3, -0.25) is 0 Å². The SMILES string of the molecule is CC1(c2ccccc2)c2ccccc2-c2cc(N(c3cc(-c4ccccc4)cc(C4C=CC=CC4)c3)c3ccccc3-c3ccccc3-c3ccccc3-c3ccccc3)ccc21. The minimum atomic E-state index is -0.291. The summed E-state index contributed by atoms with van der Waals surface area (Å²) in [6.07, 6.45) is 9.97. The van der Waals surface area contributed by atoms with Crippen LogP contribution in [-0.4, -0.2) is 0 Å². The highest BCUT2D eigenvalue weighted by atomic mass is 15.1. The van der Waals surface area contributed by atoms with Crippen LogP contribution >= 0.6 is 0 Å². The zero-order valence-electron chi connectivity index (χ0n) is 35.4. The molecular formula is C62H47N. The van der Waals surface area contributed by atoms with E-state index in [4.69, 9.17) is 0 Å². The number of fused-ring (bicyclic) bond motifs is 3. The Kier molecular flexibility index (Phi) is 9.87. The minimum absolute atomic E-state index is 0.267. The van der Waals surface area contributed by atoms with E-state index in [0.717, 1.165) is 29.0 Å². The van der Waals surface area contributed by atoms with E-state index in [-0.39, 0.29) is 11.3 Å². The third-order valence-electron chi connectivity index (χ3n) is 13.3. The van der Waals surface area contributed by atoms with Crippen LogP contribution in [0.3, 0.4) is 0 Å². The van der Waals surface area contributed by atoms with Gasteiger partial charge >= 0.3 is 0 Å². The monoisotopic (exact) mass is 805 g/mol. The number of para-hydroxylation sites is 1. The molecule has 0 spiro atoms. The molecule has 9 aromatic rings. The quantitative estimate of drug-likeness (QED) is 0.140. The summed E-state index contributed by atoms with van der Waals surface area (Å²) in [5.41, 5.74) is 20.5. The van der Waals surface area contributed by atoms with Crippen LogP contribution in [-0.2, 0) is 5.41 Å². The summed E-state index contributed by atoms with van der Waals surface area (Å²) in [5.74, 6) is 0.267. The van der Waals surface area contributed by atoms with Crippen LogP contribution in [0.1, 0.15) is 41.5 Å². The minimum Gasteiger partial charge on any atom is -0.310 e. The fourth-order valence-corrected chi connectivity index (χ4v) is 10.2. The van der Waals surface area contributed by atoms with Crippen molar-refractivity contribution in [2.45, 2.75) is 24.7 Å². The third-order valence-corrected chi connectivity index (χ3v) is 13.3. The summed E-state index contributed by atoms with van der Waals surface area (Å²) in [5, 5.41) is 0. The fraction of sp³-hybridized carbons (Fsp3) is 0.0645. The van der Waals surface area contributed by atoms with E-state index in [0.29, 0.717) is 0 Å². The van der Waals surface area contributed by atoms with Crippen molar-refractivity contribution in [3.63, 3.8) is 0 Å². The number of rotatable bonds is 9. The molecular weight excluding hydrogens is 759 g/mol. The van der Waals surface area contributed by atoms with Crippen LogP contribution in [0, 0.1) is 0 Å². The molecule has 0 heterocycles. The second-order valence-corrected chi connectivity index (χ2v) is 16.9. The fourth-order valence-electron chi connectivity index (χ4n) is 10.2. The predicted octanol–water partition coefficient (Wildman–Crippen LogP) is 16.8. The summed E-state index contributed by atoms with van der Waals surface area (Å²) in [6, 6.07) is 82.8. The number of allylic oxidation sites excluding steroid dienone is 4. The first kappa shape index (κ1) is 38.2. The normalized spacial score (nSPS) is 16.0.